The highest BCUT2D eigenvalue weighted by Gasteiger charge is 2.06. The van der Waals surface area contributed by atoms with Crippen LogP contribution in [0.15, 0.2) is 24.4 Å². The average molecular weight is 223 g/mol. The smallest absolute Gasteiger partial charge is 0.147 e. The minimum absolute atomic E-state index is 0.224. The lowest BCUT2D eigenvalue weighted by atomic mass is 10.1. The SMILES string of the molecule is N#Cc1c(Cl)ncc2cc(Cl)ccc12. The zero-order chi connectivity index (χ0) is 10.1. The third-order valence-electron chi connectivity index (χ3n) is 1.92. The minimum atomic E-state index is 0.224. The molecule has 0 N–H and O–H groups in total. The first-order chi connectivity index (χ1) is 6.72. The van der Waals surface area contributed by atoms with Crippen LogP contribution in [0.3, 0.4) is 0 Å². The van der Waals surface area contributed by atoms with Crippen LogP contribution in [0.1, 0.15) is 5.56 Å². The summed E-state index contributed by atoms with van der Waals surface area (Å²) >= 11 is 11.6. The van der Waals surface area contributed by atoms with Gasteiger partial charge in [0.15, 0.2) is 0 Å². The van der Waals surface area contributed by atoms with Gasteiger partial charge in [-0.05, 0) is 12.1 Å². The van der Waals surface area contributed by atoms with Crippen LogP contribution in [-0.2, 0) is 0 Å². The first-order valence-corrected chi connectivity index (χ1v) is 4.62. The Kier molecular flexibility index (Phi) is 2.28. The predicted octanol–water partition coefficient (Wildman–Crippen LogP) is 3.41. The number of hydrogen-bond donors (Lipinski definition) is 0. The van der Waals surface area contributed by atoms with Gasteiger partial charge in [0, 0.05) is 22.0 Å². The topological polar surface area (TPSA) is 36.7 Å². The molecule has 0 aliphatic heterocycles. The summed E-state index contributed by atoms with van der Waals surface area (Å²) in [5.41, 5.74) is 0.390. The number of nitriles is 1. The molecule has 68 valence electrons. The summed E-state index contributed by atoms with van der Waals surface area (Å²) in [6.45, 7) is 0. The standard InChI is InChI=1S/C10H4Cl2N2/c11-7-1-2-8-6(3-7)5-14-10(12)9(8)4-13/h1-3,5H. The second-order valence-electron chi connectivity index (χ2n) is 2.77. The summed E-state index contributed by atoms with van der Waals surface area (Å²) < 4.78 is 0. The summed E-state index contributed by atoms with van der Waals surface area (Å²) in [7, 11) is 0. The maximum atomic E-state index is 8.88. The molecule has 2 aromatic rings. The molecule has 0 atom stereocenters. The van der Waals surface area contributed by atoms with Crippen molar-refractivity contribution in [3.63, 3.8) is 0 Å². The van der Waals surface area contributed by atoms with Gasteiger partial charge in [0.05, 0.1) is 5.56 Å². The Bertz CT molecular complexity index is 544. The number of fused-ring (bicyclic) bond motifs is 1. The van der Waals surface area contributed by atoms with E-state index in [1.54, 1.807) is 24.4 Å². The number of hydrogen-bond acceptors (Lipinski definition) is 2. The summed E-state index contributed by atoms with van der Waals surface area (Å²) in [5.74, 6) is 0. The molecule has 0 spiro atoms. The summed E-state index contributed by atoms with van der Waals surface area (Å²) in [4.78, 5) is 3.90. The minimum Gasteiger partial charge on any atom is -0.242 e. The fraction of sp³-hybridized carbons (Fsp3) is 0. The lowest BCUT2D eigenvalue weighted by Crippen LogP contribution is -1.85. The molecule has 2 rings (SSSR count). The summed E-state index contributed by atoms with van der Waals surface area (Å²) in [5, 5.41) is 11.3. The normalized spacial score (nSPS) is 10.1. The highest BCUT2D eigenvalue weighted by atomic mass is 35.5. The van der Waals surface area contributed by atoms with Crippen molar-refractivity contribution < 1.29 is 0 Å². The van der Waals surface area contributed by atoms with Gasteiger partial charge in [-0.3, -0.25) is 0 Å². The molecule has 1 aromatic carbocycles. The largest absolute Gasteiger partial charge is 0.242 e. The molecule has 0 unspecified atom stereocenters. The Morgan fingerprint density at radius 2 is 2.07 bits per heavy atom. The van der Waals surface area contributed by atoms with Crippen molar-refractivity contribution in [3.8, 4) is 6.07 Å². The molecule has 0 saturated heterocycles. The van der Waals surface area contributed by atoms with Gasteiger partial charge in [0.1, 0.15) is 11.2 Å². The van der Waals surface area contributed by atoms with E-state index in [0.29, 0.717) is 10.6 Å². The van der Waals surface area contributed by atoms with E-state index < -0.39 is 0 Å². The lowest BCUT2D eigenvalue weighted by Gasteiger charge is -2.01. The van der Waals surface area contributed by atoms with E-state index in [1.165, 1.54) is 0 Å². The number of pyridine rings is 1. The quantitative estimate of drug-likeness (QED) is 0.641. The van der Waals surface area contributed by atoms with E-state index in [4.69, 9.17) is 28.5 Å². The van der Waals surface area contributed by atoms with Gasteiger partial charge in [-0.1, -0.05) is 29.3 Å². The van der Waals surface area contributed by atoms with Crippen molar-refractivity contribution in [2.24, 2.45) is 0 Å². The Labute approximate surface area is 90.7 Å². The van der Waals surface area contributed by atoms with Gasteiger partial charge < -0.3 is 0 Å². The lowest BCUT2D eigenvalue weighted by molar-refractivity contribution is 1.34. The van der Waals surface area contributed by atoms with Crippen molar-refractivity contribution in [3.05, 3.63) is 40.1 Å². The Hall–Kier alpha value is -1.30. The van der Waals surface area contributed by atoms with E-state index in [9.17, 15) is 0 Å². The molecule has 4 heteroatoms. The second-order valence-corrected chi connectivity index (χ2v) is 3.56. The molecule has 14 heavy (non-hydrogen) atoms. The van der Waals surface area contributed by atoms with Gasteiger partial charge in [-0.25, -0.2) is 4.98 Å². The Morgan fingerprint density at radius 3 is 2.79 bits per heavy atom. The van der Waals surface area contributed by atoms with Crippen molar-refractivity contribution in [2.75, 3.05) is 0 Å². The van der Waals surface area contributed by atoms with Crippen LogP contribution in [0.5, 0.6) is 0 Å². The molecule has 0 amide bonds. The molecular weight excluding hydrogens is 219 g/mol. The van der Waals surface area contributed by atoms with Crippen LogP contribution < -0.4 is 0 Å². The van der Waals surface area contributed by atoms with E-state index in [0.717, 1.165) is 10.8 Å². The van der Waals surface area contributed by atoms with E-state index >= 15 is 0 Å². The van der Waals surface area contributed by atoms with Crippen molar-refractivity contribution in [2.45, 2.75) is 0 Å². The predicted molar refractivity (Wildman–Crippen MR) is 56.5 cm³/mol. The fourth-order valence-corrected chi connectivity index (χ4v) is 1.65. The molecule has 2 nitrogen and oxygen atoms in total. The summed E-state index contributed by atoms with van der Waals surface area (Å²) in [6.07, 6.45) is 1.60. The highest BCUT2D eigenvalue weighted by Crippen LogP contribution is 2.25. The number of aromatic nitrogens is 1. The van der Waals surface area contributed by atoms with Crippen LogP contribution >= 0.6 is 23.2 Å². The van der Waals surface area contributed by atoms with Crippen molar-refractivity contribution >= 4 is 34.0 Å². The van der Waals surface area contributed by atoms with E-state index in [-0.39, 0.29) is 5.15 Å². The second kappa shape index (κ2) is 3.45. The molecule has 0 aliphatic carbocycles. The third-order valence-corrected chi connectivity index (χ3v) is 2.44. The van der Waals surface area contributed by atoms with Gasteiger partial charge >= 0.3 is 0 Å². The van der Waals surface area contributed by atoms with Gasteiger partial charge in [-0.2, -0.15) is 5.26 Å². The van der Waals surface area contributed by atoms with Crippen molar-refractivity contribution in [1.82, 2.24) is 4.98 Å². The molecule has 1 aromatic heterocycles. The van der Waals surface area contributed by atoms with Gasteiger partial charge in [-0.15, -0.1) is 0 Å². The van der Waals surface area contributed by atoms with Gasteiger partial charge in [0.2, 0.25) is 0 Å². The van der Waals surface area contributed by atoms with Crippen LogP contribution in [0, 0.1) is 11.3 Å². The maximum absolute atomic E-state index is 8.88. The molecule has 0 radical (unpaired) electrons. The third kappa shape index (κ3) is 1.41. The average Bonchev–Trinajstić information content (AvgIpc) is 2.18. The fourth-order valence-electron chi connectivity index (χ4n) is 1.28. The summed E-state index contributed by atoms with van der Waals surface area (Å²) in [6, 6.07) is 7.26. The zero-order valence-electron chi connectivity index (χ0n) is 6.96. The van der Waals surface area contributed by atoms with Crippen LogP contribution in [0.25, 0.3) is 10.8 Å². The molecule has 0 fully saturated rings. The van der Waals surface area contributed by atoms with Crippen molar-refractivity contribution in [1.29, 1.82) is 5.26 Å². The van der Waals surface area contributed by atoms with Gasteiger partial charge in [0.25, 0.3) is 0 Å². The first kappa shape index (κ1) is 9.26. The van der Waals surface area contributed by atoms with E-state index in [1.807, 2.05) is 6.07 Å². The highest BCUT2D eigenvalue weighted by molar-refractivity contribution is 6.32. The number of nitrogens with zero attached hydrogens (tertiary/aromatic N) is 2. The monoisotopic (exact) mass is 222 g/mol. The van der Waals surface area contributed by atoms with Crippen LogP contribution in [0.4, 0.5) is 0 Å². The Balaban J connectivity index is 2.90. The maximum Gasteiger partial charge on any atom is 0.147 e. The van der Waals surface area contributed by atoms with Crippen LogP contribution in [0.2, 0.25) is 10.2 Å². The molecule has 0 bridgehead atoms. The molecule has 0 saturated carbocycles. The number of halogens is 2. The number of rotatable bonds is 0. The molecular formula is C10H4Cl2N2. The van der Waals surface area contributed by atoms with E-state index in [2.05, 4.69) is 4.98 Å². The molecule has 0 aliphatic rings. The molecule has 1 heterocycles. The number of benzene rings is 1. The Morgan fingerprint density at radius 1 is 1.29 bits per heavy atom. The first-order valence-electron chi connectivity index (χ1n) is 3.86. The van der Waals surface area contributed by atoms with Crippen LogP contribution in [-0.4, -0.2) is 4.98 Å². The zero-order valence-corrected chi connectivity index (χ0v) is 8.47.